The van der Waals surface area contributed by atoms with E-state index in [9.17, 15) is 4.79 Å². The molecule has 0 aliphatic carbocycles. The Labute approximate surface area is 121 Å². The average molecular weight is 292 g/mol. The van der Waals surface area contributed by atoms with E-state index in [2.05, 4.69) is 20.7 Å². The second-order valence-corrected chi connectivity index (χ2v) is 4.58. The molecular formula is C13H14ClN5O. The van der Waals surface area contributed by atoms with Crippen LogP contribution in [-0.4, -0.2) is 15.9 Å². The highest BCUT2D eigenvalue weighted by atomic mass is 35.5. The van der Waals surface area contributed by atoms with Crippen molar-refractivity contribution < 1.29 is 4.79 Å². The zero-order chi connectivity index (χ0) is 14.5. The van der Waals surface area contributed by atoms with Gasteiger partial charge in [-0.2, -0.15) is 0 Å². The van der Waals surface area contributed by atoms with Gasteiger partial charge in [-0.05, 0) is 30.7 Å². The van der Waals surface area contributed by atoms with Crippen LogP contribution in [0.4, 0.5) is 5.82 Å². The topological polar surface area (TPSA) is 92.9 Å². The molecule has 0 aromatic carbocycles. The number of hydrazine groups is 1. The number of hydrogen-bond acceptors (Lipinski definition) is 5. The summed E-state index contributed by atoms with van der Waals surface area (Å²) < 4.78 is 0. The predicted molar refractivity (Wildman–Crippen MR) is 77.2 cm³/mol. The maximum absolute atomic E-state index is 12.1. The van der Waals surface area contributed by atoms with Crippen molar-refractivity contribution in [1.29, 1.82) is 0 Å². The number of nitrogens with zero attached hydrogens (tertiary/aromatic N) is 2. The number of nitrogens with one attached hydrogen (secondary N) is 2. The number of pyridine rings is 2. The minimum absolute atomic E-state index is 0.142. The van der Waals surface area contributed by atoms with Gasteiger partial charge in [0.1, 0.15) is 0 Å². The molecule has 2 aromatic rings. The number of carbonyl (C=O) groups is 1. The molecule has 6 nitrogen and oxygen atoms in total. The highest BCUT2D eigenvalue weighted by Gasteiger charge is 2.13. The van der Waals surface area contributed by atoms with E-state index < -0.39 is 0 Å². The fraction of sp³-hybridized carbons (Fsp3) is 0.154. The van der Waals surface area contributed by atoms with Gasteiger partial charge in [0.2, 0.25) is 0 Å². The fourth-order valence-corrected chi connectivity index (χ4v) is 1.90. The Morgan fingerprint density at radius 1 is 1.40 bits per heavy atom. The molecule has 0 aliphatic rings. The summed E-state index contributed by atoms with van der Waals surface area (Å²) >= 11 is 5.93. The predicted octanol–water partition coefficient (Wildman–Crippen LogP) is 1.91. The molecule has 20 heavy (non-hydrogen) atoms. The normalized spacial score (nSPS) is 11.8. The first kappa shape index (κ1) is 14.2. The molecule has 2 heterocycles. The van der Waals surface area contributed by atoms with Crippen LogP contribution in [0.2, 0.25) is 5.02 Å². The first-order valence-electron chi connectivity index (χ1n) is 5.94. The van der Waals surface area contributed by atoms with Gasteiger partial charge in [0, 0.05) is 18.6 Å². The highest BCUT2D eigenvalue weighted by Crippen LogP contribution is 2.19. The largest absolute Gasteiger partial charge is 0.345 e. The van der Waals surface area contributed by atoms with Gasteiger partial charge in [-0.15, -0.1) is 0 Å². The van der Waals surface area contributed by atoms with Crippen molar-refractivity contribution >= 4 is 23.3 Å². The lowest BCUT2D eigenvalue weighted by Gasteiger charge is -2.14. The third kappa shape index (κ3) is 3.23. The minimum atomic E-state index is -0.257. The molecule has 1 unspecified atom stereocenters. The SMILES string of the molecule is CC(NC(=O)c1cnc(NN)c(Cl)c1)c1ccncc1. The first-order valence-corrected chi connectivity index (χ1v) is 6.32. The number of rotatable bonds is 4. The van der Waals surface area contributed by atoms with Crippen molar-refractivity contribution in [2.75, 3.05) is 5.43 Å². The Hall–Kier alpha value is -2.18. The van der Waals surface area contributed by atoms with Gasteiger partial charge < -0.3 is 10.7 Å². The Morgan fingerprint density at radius 3 is 2.70 bits per heavy atom. The second-order valence-electron chi connectivity index (χ2n) is 4.17. The summed E-state index contributed by atoms with van der Waals surface area (Å²) in [5.74, 6) is 5.30. The van der Waals surface area contributed by atoms with Gasteiger partial charge in [-0.25, -0.2) is 10.8 Å². The zero-order valence-electron chi connectivity index (χ0n) is 10.8. The zero-order valence-corrected chi connectivity index (χ0v) is 11.6. The maximum atomic E-state index is 12.1. The summed E-state index contributed by atoms with van der Waals surface area (Å²) in [6, 6.07) is 5.06. The van der Waals surface area contributed by atoms with Crippen molar-refractivity contribution in [1.82, 2.24) is 15.3 Å². The Balaban J connectivity index is 2.10. The van der Waals surface area contributed by atoms with E-state index in [4.69, 9.17) is 17.4 Å². The van der Waals surface area contributed by atoms with Gasteiger partial charge in [0.15, 0.2) is 5.82 Å². The van der Waals surface area contributed by atoms with Crippen LogP contribution in [0.1, 0.15) is 28.9 Å². The van der Waals surface area contributed by atoms with E-state index in [1.807, 2.05) is 19.1 Å². The number of nitrogens with two attached hydrogens (primary N) is 1. The molecule has 0 spiro atoms. The van der Waals surface area contributed by atoms with Crippen LogP contribution in [0.25, 0.3) is 0 Å². The molecule has 0 bridgehead atoms. The van der Waals surface area contributed by atoms with E-state index in [1.165, 1.54) is 12.3 Å². The molecule has 1 amide bonds. The lowest BCUT2D eigenvalue weighted by molar-refractivity contribution is 0.0939. The number of halogens is 1. The molecule has 0 saturated heterocycles. The van der Waals surface area contributed by atoms with Crippen molar-refractivity contribution in [3.05, 3.63) is 52.9 Å². The maximum Gasteiger partial charge on any atom is 0.253 e. The van der Waals surface area contributed by atoms with Crippen LogP contribution in [0.3, 0.4) is 0 Å². The quantitative estimate of drug-likeness (QED) is 0.591. The van der Waals surface area contributed by atoms with Gasteiger partial charge in [-0.1, -0.05) is 11.6 Å². The number of nitrogen functional groups attached to an aromatic ring is 1. The number of carbonyl (C=O) groups excluding carboxylic acids is 1. The fourth-order valence-electron chi connectivity index (χ4n) is 1.68. The van der Waals surface area contributed by atoms with Crippen molar-refractivity contribution in [3.8, 4) is 0 Å². The standard InChI is InChI=1S/C13H14ClN5O/c1-8(9-2-4-16-5-3-9)18-13(20)10-6-11(14)12(19-15)17-7-10/h2-8H,15H2,1H3,(H,17,19)(H,18,20). The van der Waals surface area contributed by atoms with Crippen LogP contribution in [0.5, 0.6) is 0 Å². The van der Waals surface area contributed by atoms with E-state index >= 15 is 0 Å². The van der Waals surface area contributed by atoms with Gasteiger partial charge in [0.25, 0.3) is 5.91 Å². The number of anilines is 1. The summed E-state index contributed by atoms with van der Waals surface area (Å²) in [6.07, 6.45) is 4.77. The highest BCUT2D eigenvalue weighted by molar-refractivity contribution is 6.33. The third-order valence-electron chi connectivity index (χ3n) is 2.79. The molecule has 2 aromatic heterocycles. The van der Waals surface area contributed by atoms with Crippen molar-refractivity contribution in [2.45, 2.75) is 13.0 Å². The number of amides is 1. The van der Waals surface area contributed by atoms with Gasteiger partial charge in [-0.3, -0.25) is 9.78 Å². The summed E-state index contributed by atoms with van der Waals surface area (Å²) in [5.41, 5.74) is 3.68. The Kier molecular flexibility index (Phi) is 4.49. The third-order valence-corrected chi connectivity index (χ3v) is 3.08. The van der Waals surface area contributed by atoms with Crippen LogP contribution in [0, 0.1) is 0 Å². The average Bonchev–Trinajstić information content (AvgIpc) is 2.48. The van der Waals surface area contributed by atoms with Crippen LogP contribution < -0.4 is 16.6 Å². The smallest absolute Gasteiger partial charge is 0.253 e. The van der Waals surface area contributed by atoms with E-state index in [1.54, 1.807) is 12.4 Å². The van der Waals surface area contributed by atoms with E-state index in [0.29, 0.717) is 11.4 Å². The molecule has 0 saturated carbocycles. The van der Waals surface area contributed by atoms with Gasteiger partial charge >= 0.3 is 0 Å². The van der Waals surface area contributed by atoms with Crippen molar-refractivity contribution in [3.63, 3.8) is 0 Å². The molecule has 104 valence electrons. The molecule has 0 fully saturated rings. The molecule has 1 atom stereocenters. The summed E-state index contributed by atoms with van der Waals surface area (Å²) in [7, 11) is 0. The molecule has 4 N–H and O–H groups in total. The summed E-state index contributed by atoms with van der Waals surface area (Å²) in [5, 5.41) is 3.15. The van der Waals surface area contributed by atoms with E-state index in [-0.39, 0.29) is 17.0 Å². The molecule has 0 aliphatic heterocycles. The molecule has 0 radical (unpaired) electrons. The molecule has 7 heteroatoms. The summed E-state index contributed by atoms with van der Waals surface area (Å²) in [6.45, 7) is 1.89. The second kappa shape index (κ2) is 6.31. The summed E-state index contributed by atoms with van der Waals surface area (Å²) in [4.78, 5) is 20.0. The van der Waals surface area contributed by atoms with Gasteiger partial charge in [0.05, 0.1) is 16.6 Å². The Bertz CT molecular complexity index is 605. The lowest BCUT2D eigenvalue weighted by Crippen LogP contribution is -2.26. The molecule has 2 rings (SSSR count). The lowest BCUT2D eigenvalue weighted by atomic mass is 10.1. The van der Waals surface area contributed by atoms with Crippen LogP contribution >= 0.6 is 11.6 Å². The van der Waals surface area contributed by atoms with Crippen molar-refractivity contribution in [2.24, 2.45) is 5.84 Å². The Morgan fingerprint density at radius 2 is 2.10 bits per heavy atom. The monoisotopic (exact) mass is 291 g/mol. The van der Waals surface area contributed by atoms with Crippen LogP contribution in [0.15, 0.2) is 36.8 Å². The molecular weight excluding hydrogens is 278 g/mol. The minimum Gasteiger partial charge on any atom is -0.345 e. The van der Waals surface area contributed by atoms with Crippen LogP contribution in [-0.2, 0) is 0 Å². The first-order chi connectivity index (χ1) is 9.61. The number of aromatic nitrogens is 2. The van der Waals surface area contributed by atoms with E-state index in [0.717, 1.165) is 5.56 Å². The number of hydrogen-bond donors (Lipinski definition) is 3.